The number of nitrogens with one attached hydrogen (secondary N) is 1. The molecular formula is C24H21N3O2S. The van der Waals surface area contributed by atoms with Gasteiger partial charge in [-0.2, -0.15) is 5.10 Å². The minimum Gasteiger partial charge on any atom is -0.324 e. The van der Waals surface area contributed by atoms with Gasteiger partial charge in [-0.3, -0.25) is 9.59 Å². The molecular weight excluding hydrogens is 394 g/mol. The number of benzene rings is 2. The van der Waals surface area contributed by atoms with Crippen LogP contribution in [0.15, 0.2) is 83.7 Å². The third-order valence-corrected chi connectivity index (χ3v) is 5.70. The number of carbonyl (C=O) groups excluding carboxylic acids is 1. The Balaban J connectivity index is 1.51. The maximum atomic E-state index is 12.7. The highest BCUT2D eigenvalue weighted by Crippen LogP contribution is 2.25. The minimum atomic E-state index is -0.306. The van der Waals surface area contributed by atoms with E-state index in [2.05, 4.69) is 22.5 Å². The van der Waals surface area contributed by atoms with Gasteiger partial charge in [0.2, 0.25) is 5.91 Å². The van der Waals surface area contributed by atoms with Crippen molar-refractivity contribution in [1.82, 2.24) is 9.78 Å². The maximum Gasteiger partial charge on any atom is 0.267 e. The van der Waals surface area contributed by atoms with Crippen molar-refractivity contribution in [3.8, 4) is 10.6 Å². The first kappa shape index (κ1) is 19.8. The Morgan fingerprint density at radius 2 is 1.73 bits per heavy atom. The third-order valence-electron chi connectivity index (χ3n) is 4.68. The lowest BCUT2D eigenvalue weighted by Crippen LogP contribution is -2.29. The van der Waals surface area contributed by atoms with E-state index in [4.69, 9.17) is 0 Å². The number of carbonyl (C=O) groups is 1. The summed E-state index contributed by atoms with van der Waals surface area (Å²) in [5, 5.41) is 7.32. The van der Waals surface area contributed by atoms with E-state index in [9.17, 15) is 9.59 Å². The van der Waals surface area contributed by atoms with Crippen molar-refractivity contribution >= 4 is 22.9 Å². The largest absolute Gasteiger partial charge is 0.324 e. The maximum absolute atomic E-state index is 12.7. The van der Waals surface area contributed by atoms with Crippen LogP contribution in [-0.4, -0.2) is 15.7 Å². The van der Waals surface area contributed by atoms with Crippen LogP contribution in [0.1, 0.15) is 16.0 Å². The number of hydrogen-bond acceptors (Lipinski definition) is 4. The first-order valence-corrected chi connectivity index (χ1v) is 10.5. The quantitative estimate of drug-likeness (QED) is 0.504. The van der Waals surface area contributed by atoms with Crippen molar-refractivity contribution in [2.24, 2.45) is 0 Å². The number of hydrogen-bond donors (Lipinski definition) is 1. The second-order valence-electron chi connectivity index (χ2n) is 6.99. The lowest BCUT2D eigenvalue weighted by molar-refractivity contribution is -0.117. The summed E-state index contributed by atoms with van der Waals surface area (Å²) in [5.41, 5.74) is 3.30. The fourth-order valence-corrected chi connectivity index (χ4v) is 4.04. The molecule has 0 fully saturated rings. The molecule has 5 nitrogen and oxygen atoms in total. The average molecular weight is 416 g/mol. The van der Waals surface area contributed by atoms with Crippen molar-refractivity contribution in [3.05, 3.63) is 105 Å². The normalized spacial score (nSPS) is 10.7. The molecule has 0 bridgehead atoms. The molecule has 2 aromatic carbocycles. The summed E-state index contributed by atoms with van der Waals surface area (Å²) in [6.45, 7) is 1.88. The molecule has 0 aliphatic rings. The van der Waals surface area contributed by atoms with E-state index in [0.717, 1.165) is 26.6 Å². The Morgan fingerprint density at radius 3 is 2.50 bits per heavy atom. The summed E-state index contributed by atoms with van der Waals surface area (Å²) in [4.78, 5) is 27.0. The van der Waals surface area contributed by atoms with E-state index in [0.29, 0.717) is 12.1 Å². The monoisotopic (exact) mass is 415 g/mol. The predicted molar refractivity (Wildman–Crippen MR) is 121 cm³/mol. The summed E-state index contributed by atoms with van der Waals surface area (Å²) in [6, 6.07) is 24.9. The summed E-state index contributed by atoms with van der Waals surface area (Å²) in [5.74, 6) is -0.287. The predicted octanol–water partition coefficient (Wildman–Crippen LogP) is 4.51. The van der Waals surface area contributed by atoms with Gasteiger partial charge in [0.15, 0.2) is 0 Å². The summed E-state index contributed by atoms with van der Waals surface area (Å²) < 4.78 is 1.21. The number of aryl methyl sites for hydroxylation is 1. The topological polar surface area (TPSA) is 64.0 Å². The molecule has 1 amide bonds. The Bertz CT molecular complexity index is 1230. The van der Waals surface area contributed by atoms with Crippen molar-refractivity contribution in [3.63, 3.8) is 0 Å². The molecule has 1 N–H and O–H groups in total. The van der Waals surface area contributed by atoms with Crippen molar-refractivity contribution in [1.29, 1.82) is 0 Å². The number of anilines is 1. The lowest BCUT2D eigenvalue weighted by atomic mass is 10.0. The number of rotatable bonds is 6. The van der Waals surface area contributed by atoms with Gasteiger partial charge in [0, 0.05) is 16.6 Å². The van der Waals surface area contributed by atoms with Crippen LogP contribution in [0.3, 0.4) is 0 Å². The Morgan fingerprint density at radius 1 is 0.967 bits per heavy atom. The molecule has 2 heterocycles. The number of thiophene rings is 1. The zero-order valence-electron chi connectivity index (χ0n) is 16.5. The third kappa shape index (κ3) is 4.72. The first-order chi connectivity index (χ1) is 14.6. The molecule has 0 radical (unpaired) electrons. The lowest BCUT2D eigenvalue weighted by Gasteiger charge is -2.12. The van der Waals surface area contributed by atoms with Crippen LogP contribution in [0.2, 0.25) is 0 Å². The van der Waals surface area contributed by atoms with Crippen LogP contribution in [0.25, 0.3) is 10.6 Å². The van der Waals surface area contributed by atoms with Gasteiger partial charge in [-0.05, 0) is 48.7 Å². The number of aromatic nitrogens is 2. The fraction of sp³-hybridized carbons (Fsp3) is 0.125. The molecule has 30 heavy (non-hydrogen) atoms. The van der Waals surface area contributed by atoms with Crippen LogP contribution >= 0.6 is 11.3 Å². The molecule has 0 saturated heterocycles. The molecule has 150 valence electrons. The van der Waals surface area contributed by atoms with Crippen LogP contribution in [0.5, 0.6) is 0 Å². The van der Waals surface area contributed by atoms with Crippen LogP contribution in [-0.2, 0) is 17.8 Å². The minimum absolute atomic E-state index is 0.142. The van der Waals surface area contributed by atoms with E-state index in [-0.39, 0.29) is 18.0 Å². The smallest absolute Gasteiger partial charge is 0.267 e. The van der Waals surface area contributed by atoms with Gasteiger partial charge in [0.1, 0.15) is 12.2 Å². The summed E-state index contributed by atoms with van der Waals surface area (Å²) in [6.07, 6.45) is 0.711. The van der Waals surface area contributed by atoms with Crippen molar-refractivity contribution in [2.45, 2.75) is 19.9 Å². The molecule has 2 aromatic heterocycles. The standard InChI is InChI=1S/C24H21N3O2S/c1-17-11-13-22(30-17)21-12-14-24(29)27(26-21)16-23(28)25-20-10-6-5-9-19(20)15-18-7-3-2-4-8-18/h2-14H,15-16H2,1H3,(H,25,28). The SMILES string of the molecule is Cc1ccc(-c2ccc(=O)n(CC(=O)Nc3ccccc3Cc3ccccc3)n2)s1. The molecule has 0 aliphatic carbocycles. The Labute approximate surface area is 178 Å². The van der Waals surface area contributed by atoms with Crippen molar-refractivity contribution < 1.29 is 4.79 Å². The van der Waals surface area contributed by atoms with Gasteiger partial charge >= 0.3 is 0 Å². The van der Waals surface area contributed by atoms with E-state index in [1.165, 1.54) is 10.7 Å². The molecule has 0 spiro atoms. The molecule has 6 heteroatoms. The zero-order chi connectivity index (χ0) is 20.9. The molecule has 0 aliphatic heterocycles. The molecule has 0 atom stereocenters. The fourth-order valence-electron chi connectivity index (χ4n) is 3.20. The molecule has 4 aromatic rings. The van der Waals surface area contributed by atoms with E-state index >= 15 is 0 Å². The van der Waals surface area contributed by atoms with Crippen LogP contribution in [0, 0.1) is 6.92 Å². The number of para-hydroxylation sites is 1. The molecule has 0 saturated carbocycles. The highest BCUT2D eigenvalue weighted by molar-refractivity contribution is 7.15. The van der Waals surface area contributed by atoms with Gasteiger partial charge in [0.25, 0.3) is 5.56 Å². The second-order valence-corrected chi connectivity index (χ2v) is 8.28. The Kier molecular flexibility index (Phi) is 5.86. The van der Waals surface area contributed by atoms with Gasteiger partial charge in [-0.1, -0.05) is 48.5 Å². The highest BCUT2D eigenvalue weighted by Gasteiger charge is 2.11. The number of amides is 1. The van der Waals surface area contributed by atoms with Gasteiger partial charge in [0.05, 0.1) is 4.88 Å². The zero-order valence-corrected chi connectivity index (χ0v) is 17.4. The van der Waals surface area contributed by atoms with Gasteiger partial charge in [-0.25, -0.2) is 4.68 Å². The summed E-state index contributed by atoms with van der Waals surface area (Å²) in [7, 11) is 0. The Hall–Kier alpha value is -3.51. The average Bonchev–Trinajstić information content (AvgIpc) is 3.18. The number of nitrogens with zero attached hydrogens (tertiary/aromatic N) is 2. The van der Waals surface area contributed by atoms with Gasteiger partial charge in [-0.15, -0.1) is 11.3 Å². The van der Waals surface area contributed by atoms with E-state index in [1.54, 1.807) is 17.4 Å². The van der Waals surface area contributed by atoms with E-state index < -0.39 is 0 Å². The summed E-state index contributed by atoms with van der Waals surface area (Å²) >= 11 is 1.60. The van der Waals surface area contributed by atoms with Crippen LogP contribution in [0.4, 0.5) is 5.69 Å². The molecule has 4 rings (SSSR count). The van der Waals surface area contributed by atoms with Crippen LogP contribution < -0.4 is 10.9 Å². The van der Waals surface area contributed by atoms with Crippen molar-refractivity contribution in [2.75, 3.05) is 5.32 Å². The second kappa shape index (κ2) is 8.88. The van der Waals surface area contributed by atoms with Gasteiger partial charge < -0.3 is 5.32 Å². The van der Waals surface area contributed by atoms with E-state index in [1.807, 2.05) is 61.5 Å². The first-order valence-electron chi connectivity index (χ1n) is 9.65. The highest BCUT2D eigenvalue weighted by atomic mass is 32.1. The molecule has 0 unspecified atom stereocenters.